The third-order valence-corrected chi connectivity index (χ3v) is 3.24. The van der Waals surface area contributed by atoms with Crippen LogP contribution in [0.3, 0.4) is 0 Å². The molecule has 128 valence electrons. The third-order valence-electron chi connectivity index (χ3n) is 3.24. The van der Waals surface area contributed by atoms with Gasteiger partial charge >= 0.3 is 6.09 Å². The maximum atomic E-state index is 11.6. The van der Waals surface area contributed by atoms with Gasteiger partial charge in [0, 0.05) is 19.4 Å². The van der Waals surface area contributed by atoms with Gasteiger partial charge in [0.2, 0.25) is 5.79 Å². The molecule has 1 aromatic carbocycles. The second kappa shape index (κ2) is 6.37. The van der Waals surface area contributed by atoms with Crippen molar-refractivity contribution in [3.05, 3.63) is 29.3 Å². The van der Waals surface area contributed by atoms with Crippen LogP contribution in [0, 0.1) is 0 Å². The number of alkyl carbamates (subject to hydrolysis) is 1. The normalized spacial score (nSPS) is 17.7. The SMILES string of the molecule is CC(C)(C)OC(=O)NC[C@H](O)c1ccc2c(c1)COC(C)(C)O2. The molecule has 1 aliphatic rings. The maximum absolute atomic E-state index is 11.6. The van der Waals surface area contributed by atoms with E-state index in [0.29, 0.717) is 12.2 Å². The van der Waals surface area contributed by atoms with Crippen LogP contribution in [-0.4, -0.2) is 29.1 Å². The number of benzene rings is 1. The molecule has 1 aromatic rings. The number of carbonyl (C=O) groups is 1. The van der Waals surface area contributed by atoms with Gasteiger partial charge in [-0.3, -0.25) is 0 Å². The first-order valence-electron chi connectivity index (χ1n) is 7.66. The van der Waals surface area contributed by atoms with Gasteiger partial charge in [-0.05, 0) is 38.5 Å². The number of aliphatic hydroxyl groups excluding tert-OH is 1. The van der Waals surface area contributed by atoms with Crippen LogP contribution in [0.5, 0.6) is 5.75 Å². The van der Waals surface area contributed by atoms with E-state index in [0.717, 1.165) is 11.3 Å². The molecule has 0 aliphatic carbocycles. The highest BCUT2D eigenvalue weighted by Gasteiger charge is 2.27. The molecule has 1 atom stereocenters. The summed E-state index contributed by atoms with van der Waals surface area (Å²) in [5.41, 5.74) is 0.993. The molecule has 0 unspecified atom stereocenters. The average Bonchev–Trinajstić information content (AvgIpc) is 2.41. The van der Waals surface area contributed by atoms with E-state index in [-0.39, 0.29) is 6.54 Å². The van der Waals surface area contributed by atoms with Crippen LogP contribution < -0.4 is 10.1 Å². The van der Waals surface area contributed by atoms with E-state index >= 15 is 0 Å². The van der Waals surface area contributed by atoms with Gasteiger partial charge in [-0.25, -0.2) is 4.79 Å². The molecule has 0 saturated carbocycles. The molecule has 0 saturated heterocycles. The van der Waals surface area contributed by atoms with E-state index in [4.69, 9.17) is 14.2 Å². The summed E-state index contributed by atoms with van der Waals surface area (Å²) in [7, 11) is 0. The Kier molecular flexibility index (Phi) is 4.87. The van der Waals surface area contributed by atoms with Crippen LogP contribution in [-0.2, 0) is 16.1 Å². The molecular weight excluding hydrogens is 298 g/mol. The van der Waals surface area contributed by atoms with E-state index in [9.17, 15) is 9.90 Å². The van der Waals surface area contributed by atoms with Crippen LogP contribution in [0.25, 0.3) is 0 Å². The van der Waals surface area contributed by atoms with Crippen molar-refractivity contribution in [2.75, 3.05) is 6.54 Å². The summed E-state index contributed by atoms with van der Waals surface area (Å²) in [6, 6.07) is 5.42. The summed E-state index contributed by atoms with van der Waals surface area (Å²) in [5.74, 6) is 0.100. The van der Waals surface area contributed by atoms with Crippen molar-refractivity contribution in [3.63, 3.8) is 0 Å². The first-order chi connectivity index (χ1) is 10.6. The van der Waals surface area contributed by atoms with E-state index in [1.165, 1.54) is 0 Å². The van der Waals surface area contributed by atoms with Gasteiger partial charge in [0.25, 0.3) is 0 Å². The molecule has 6 nitrogen and oxygen atoms in total. The minimum Gasteiger partial charge on any atom is -0.463 e. The molecule has 0 fully saturated rings. The Morgan fingerprint density at radius 1 is 1.43 bits per heavy atom. The number of hydrogen-bond donors (Lipinski definition) is 2. The van der Waals surface area contributed by atoms with Crippen LogP contribution in [0.2, 0.25) is 0 Å². The molecule has 23 heavy (non-hydrogen) atoms. The molecule has 2 N–H and O–H groups in total. The lowest BCUT2D eigenvalue weighted by Gasteiger charge is -2.33. The van der Waals surface area contributed by atoms with Gasteiger partial charge in [-0.1, -0.05) is 6.07 Å². The lowest BCUT2D eigenvalue weighted by atomic mass is 10.0. The molecule has 1 amide bonds. The van der Waals surface area contributed by atoms with Gasteiger partial charge in [0.05, 0.1) is 19.3 Å². The Hall–Kier alpha value is -1.79. The first-order valence-corrected chi connectivity index (χ1v) is 7.66. The van der Waals surface area contributed by atoms with Crippen LogP contribution >= 0.6 is 0 Å². The molecule has 1 aliphatic heterocycles. The number of fused-ring (bicyclic) bond motifs is 1. The van der Waals surface area contributed by atoms with Crippen molar-refractivity contribution in [3.8, 4) is 5.75 Å². The van der Waals surface area contributed by atoms with Crippen molar-refractivity contribution < 1.29 is 24.1 Å². The topological polar surface area (TPSA) is 77.0 Å². The minimum absolute atomic E-state index is 0.0703. The summed E-state index contributed by atoms with van der Waals surface area (Å²) in [6.45, 7) is 9.55. The van der Waals surface area contributed by atoms with Gasteiger partial charge in [-0.15, -0.1) is 0 Å². The van der Waals surface area contributed by atoms with Gasteiger partial charge in [-0.2, -0.15) is 0 Å². The van der Waals surface area contributed by atoms with Crippen LogP contribution in [0.1, 0.15) is 51.8 Å². The average molecular weight is 323 g/mol. The fourth-order valence-electron chi connectivity index (χ4n) is 2.18. The van der Waals surface area contributed by atoms with Gasteiger partial charge in [0.1, 0.15) is 11.4 Å². The minimum atomic E-state index is -0.831. The summed E-state index contributed by atoms with van der Waals surface area (Å²) in [4.78, 5) is 11.6. The lowest BCUT2D eigenvalue weighted by molar-refractivity contribution is -0.180. The van der Waals surface area contributed by atoms with E-state index in [2.05, 4.69) is 5.32 Å². The first kappa shape index (κ1) is 17.6. The Bertz CT molecular complexity index is 577. The van der Waals surface area contributed by atoms with Gasteiger partial charge in [0.15, 0.2) is 0 Å². The smallest absolute Gasteiger partial charge is 0.407 e. The second-order valence-corrected chi connectivity index (χ2v) is 7.06. The fraction of sp³-hybridized carbons (Fsp3) is 0.588. The molecule has 0 radical (unpaired) electrons. The highest BCUT2D eigenvalue weighted by Crippen LogP contribution is 2.32. The molecule has 0 aromatic heterocycles. The predicted octanol–water partition coefficient (Wildman–Crippen LogP) is 2.89. The number of carbonyl (C=O) groups excluding carboxylic acids is 1. The molecule has 0 bridgehead atoms. The summed E-state index contributed by atoms with van der Waals surface area (Å²) in [5, 5.41) is 12.8. The number of rotatable bonds is 3. The maximum Gasteiger partial charge on any atom is 0.407 e. The fourth-order valence-corrected chi connectivity index (χ4v) is 2.18. The highest BCUT2D eigenvalue weighted by molar-refractivity contribution is 5.67. The molecule has 6 heteroatoms. The third kappa shape index (κ3) is 5.11. The monoisotopic (exact) mass is 323 g/mol. The zero-order chi connectivity index (χ0) is 17.3. The standard InChI is InChI=1S/C17H25NO5/c1-16(2,3)23-15(20)18-9-13(19)11-6-7-14-12(8-11)10-21-17(4,5)22-14/h6-8,13,19H,9-10H2,1-5H3,(H,18,20)/t13-/m0/s1. The molecule has 2 rings (SSSR count). The van der Waals surface area contributed by atoms with E-state index in [1.807, 2.05) is 26.0 Å². The number of ether oxygens (including phenoxy) is 3. The van der Waals surface area contributed by atoms with Crippen molar-refractivity contribution >= 4 is 6.09 Å². The van der Waals surface area contributed by atoms with Crippen molar-refractivity contribution in [1.29, 1.82) is 0 Å². The second-order valence-electron chi connectivity index (χ2n) is 7.06. The number of aliphatic hydroxyl groups is 1. The molecule has 0 spiro atoms. The molecule has 1 heterocycles. The summed E-state index contributed by atoms with van der Waals surface area (Å²) < 4.78 is 16.4. The van der Waals surface area contributed by atoms with Crippen molar-refractivity contribution in [1.82, 2.24) is 5.32 Å². The number of hydrogen-bond acceptors (Lipinski definition) is 5. The van der Waals surface area contributed by atoms with Crippen LogP contribution in [0.15, 0.2) is 18.2 Å². The Balaban J connectivity index is 1.96. The van der Waals surface area contributed by atoms with Crippen molar-refractivity contribution in [2.45, 2.75) is 58.7 Å². The lowest BCUT2D eigenvalue weighted by Crippen LogP contribution is -2.36. The largest absolute Gasteiger partial charge is 0.463 e. The quantitative estimate of drug-likeness (QED) is 0.894. The van der Waals surface area contributed by atoms with E-state index in [1.54, 1.807) is 26.8 Å². The predicted molar refractivity (Wildman–Crippen MR) is 85.1 cm³/mol. The van der Waals surface area contributed by atoms with Crippen LogP contribution in [0.4, 0.5) is 4.79 Å². The number of nitrogens with one attached hydrogen (secondary N) is 1. The highest BCUT2D eigenvalue weighted by atomic mass is 16.7. The summed E-state index contributed by atoms with van der Waals surface area (Å²) in [6.07, 6.45) is -1.38. The van der Waals surface area contributed by atoms with Crippen molar-refractivity contribution in [2.24, 2.45) is 0 Å². The Labute approximate surface area is 136 Å². The van der Waals surface area contributed by atoms with Gasteiger partial charge < -0.3 is 24.6 Å². The summed E-state index contributed by atoms with van der Waals surface area (Å²) >= 11 is 0. The number of amides is 1. The zero-order valence-corrected chi connectivity index (χ0v) is 14.3. The zero-order valence-electron chi connectivity index (χ0n) is 14.3. The van der Waals surface area contributed by atoms with E-state index < -0.39 is 23.6 Å². The molecular formula is C17H25NO5. The Morgan fingerprint density at radius 2 is 2.13 bits per heavy atom. The Morgan fingerprint density at radius 3 is 2.78 bits per heavy atom.